The predicted molar refractivity (Wildman–Crippen MR) is 53.9 cm³/mol. The molecule has 0 amide bonds. The number of benzene rings is 1. The van der Waals surface area contributed by atoms with Crippen molar-refractivity contribution in [3.8, 4) is 0 Å². The Morgan fingerprint density at radius 3 is 2.47 bits per heavy atom. The fraction of sp³-hybridized carbons (Fsp3) is 0.455. The molecule has 1 fully saturated rings. The quantitative estimate of drug-likeness (QED) is 0.770. The smallest absolute Gasteiger partial charge is 0.194 e. The molecule has 1 aliphatic rings. The molecule has 2 N–H and O–H groups in total. The summed E-state index contributed by atoms with van der Waals surface area (Å²) in [5.74, 6) is -3.94. The van der Waals surface area contributed by atoms with Crippen LogP contribution >= 0.6 is 0 Å². The lowest BCUT2D eigenvalue weighted by molar-refractivity contribution is 0.0263. The fourth-order valence-electron chi connectivity index (χ4n) is 1.78. The Hall–Kier alpha value is -1.11. The van der Waals surface area contributed by atoms with Crippen LogP contribution in [0, 0.1) is 17.5 Å². The third-order valence-electron chi connectivity index (χ3n) is 2.67. The molecule has 2 rings (SSSR count). The number of aliphatic hydroxyl groups is 1. The Balaban J connectivity index is 2.22. The number of nitrogens with one attached hydrogen (secondary N) is 1. The van der Waals surface area contributed by atoms with Gasteiger partial charge in [-0.25, -0.2) is 13.2 Å². The summed E-state index contributed by atoms with van der Waals surface area (Å²) in [6.07, 6.45) is 0. The average Bonchev–Trinajstić information content (AvgIpc) is 2.35. The molecule has 0 aliphatic carbocycles. The first-order valence-electron chi connectivity index (χ1n) is 5.21. The van der Waals surface area contributed by atoms with Crippen molar-refractivity contribution < 1.29 is 23.0 Å². The number of aliphatic hydroxyl groups excluding tert-OH is 1. The molecule has 0 saturated carbocycles. The van der Waals surface area contributed by atoms with E-state index in [-0.39, 0.29) is 24.8 Å². The van der Waals surface area contributed by atoms with Gasteiger partial charge < -0.3 is 15.2 Å². The molecule has 1 aliphatic heterocycles. The molecule has 0 unspecified atom stereocenters. The van der Waals surface area contributed by atoms with Gasteiger partial charge in [0.15, 0.2) is 17.5 Å². The predicted octanol–water partition coefficient (Wildman–Crippen LogP) is 1.13. The Kier molecular flexibility index (Phi) is 3.66. The minimum absolute atomic E-state index is 0.136. The third-order valence-corrected chi connectivity index (χ3v) is 2.67. The second kappa shape index (κ2) is 5.03. The van der Waals surface area contributed by atoms with Crippen molar-refractivity contribution in [2.75, 3.05) is 19.8 Å². The molecule has 0 radical (unpaired) electrons. The highest BCUT2D eigenvalue weighted by molar-refractivity contribution is 5.23. The zero-order chi connectivity index (χ0) is 12.4. The molecular formula is C11H12F3NO2. The van der Waals surface area contributed by atoms with Crippen molar-refractivity contribution in [3.63, 3.8) is 0 Å². The van der Waals surface area contributed by atoms with Crippen LogP contribution in [0.3, 0.4) is 0 Å². The summed E-state index contributed by atoms with van der Waals surface area (Å²) < 4.78 is 44.1. The van der Waals surface area contributed by atoms with Crippen LogP contribution in [0.2, 0.25) is 0 Å². The zero-order valence-electron chi connectivity index (χ0n) is 8.92. The molecule has 0 aromatic heterocycles. The summed E-state index contributed by atoms with van der Waals surface area (Å²) in [4.78, 5) is 0. The molecule has 94 valence electrons. The van der Waals surface area contributed by atoms with Crippen molar-refractivity contribution >= 4 is 0 Å². The molecule has 2 atom stereocenters. The molecular weight excluding hydrogens is 235 g/mol. The van der Waals surface area contributed by atoms with Gasteiger partial charge in [0, 0.05) is 0 Å². The topological polar surface area (TPSA) is 41.5 Å². The number of hydrogen-bond donors (Lipinski definition) is 2. The minimum Gasteiger partial charge on any atom is -0.395 e. The molecule has 1 heterocycles. The van der Waals surface area contributed by atoms with Crippen LogP contribution in [0.25, 0.3) is 0 Å². The van der Waals surface area contributed by atoms with Crippen LogP contribution in [-0.2, 0) is 4.74 Å². The van der Waals surface area contributed by atoms with E-state index in [0.717, 1.165) is 12.1 Å². The van der Waals surface area contributed by atoms with E-state index in [1.54, 1.807) is 0 Å². The van der Waals surface area contributed by atoms with E-state index in [9.17, 15) is 13.2 Å². The minimum atomic E-state index is -1.48. The van der Waals surface area contributed by atoms with Gasteiger partial charge in [-0.15, -0.1) is 0 Å². The lowest BCUT2D eigenvalue weighted by atomic mass is 10.0. The van der Waals surface area contributed by atoms with Crippen molar-refractivity contribution in [1.29, 1.82) is 0 Å². The summed E-state index contributed by atoms with van der Waals surface area (Å²) in [6.45, 7) is 0.419. The second-order valence-electron chi connectivity index (χ2n) is 3.93. The van der Waals surface area contributed by atoms with Crippen molar-refractivity contribution in [3.05, 3.63) is 35.1 Å². The maximum Gasteiger partial charge on any atom is 0.194 e. The Labute approximate surface area is 96.2 Å². The number of hydrogen-bond acceptors (Lipinski definition) is 3. The van der Waals surface area contributed by atoms with E-state index in [0.29, 0.717) is 6.61 Å². The second-order valence-corrected chi connectivity index (χ2v) is 3.93. The van der Waals surface area contributed by atoms with E-state index in [1.165, 1.54) is 0 Å². The molecule has 1 saturated heterocycles. The van der Waals surface area contributed by atoms with Crippen LogP contribution in [0.4, 0.5) is 13.2 Å². The van der Waals surface area contributed by atoms with Crippen molar-refractivity contribution in [2.24, 2.45) is 0 Å². The highest BCUT2D eigenvalue weighted by Gasteiger charge is 2.24. The molecule has 3 nitrogen and oxygen atoms in total. The third kappa shape index (κ3) is 2.59. The molecule has 0 spiro atoms. The van der Waals surface area contributed by atoms with Gasteiger partial charge in [0.25, 0.3) is 0 Å². The lowest BCUT2D eigenvalue weighted by Gasteiger charge is -2.30. The molecule has 6 heteroatoms. The maximum absolute atomic E-state index is 13.0. The number of rotatable bonds is 2. The van der Waals surface area contributed by atoms with Crippen LogP contribution < -0.4 is 5.32 Å². The SMILES string of the molecule is OC[C@H]1COC[C@@H](c2cc(F)c(F)c(F)c2)N1. The summed E-state index contributed by atoms with van der Waals surface area (Å²) in [5.41, 5.74) is 0.263. The van der Waals surface area contributed by atoms with Gasteiger partial charge in [-0.3, -0.25) is 0 Å². The standard InChI is InChI=1S/C11H12F3NO2/c12-8-1-6(2-9(13)11(8)14)10-5-17-4-7(3-16)15-10/h1-2,7,10,15-16H,3-5H2/t7-,10-/m0/s1. The molecule has 17 heavy (non-hydrogen) atoms. The number of halogens is 3. The van der Waals surface area contributed by atoms with Crippen LogP contribution in [0.5, 0.6) is 0 Å². The summed E-state index contributed by atoms with van der Waals surface area (Å²) in [6, 6.07) is 1.12. The average molecular weight is 247 g/mol. The first kappa shape index (κ1) is 12.3. The van der Waals surface area contributed by atoms with Gasteiger partial charge in [0.1, 0.15) is 0 Å². The Morgan fingerprint density at radius 2 is 1.88 bits per heavy atom. The monoisotopic (exact) mass is 247 g/mol. The summed E-state index contributed by atoms with van der Waals surface area (Å²) in [5, 5.41) is 11.9. The highest BCUT2D eigenvalue weighted by atomic mass is 19.2. The Morgan fingerprint density at radius 1 is 1.24 bits per heavy atom. The number of ether oxygens (including phenoxy) is 1. The normalized spacial score (nSPS) is 24.9. The molecule has 1 aromatic rings. The van der Waals surface area contributed by atoms with Crippen LogP contribution in [0.1, 0.15) is 11.6 Å². The van der Waals surface area contributed by atoms with Crippen LogP contribution in [-0.4, -0.2) is 31.0 Å². The summed E-state index contributed by atoms with van der Waals surface area (Å²) >= 11 is 0. The molecule has 0 bridgehead atoms. The van der Waals surface area contributed by atoms with E-state index >= 15 is 0 Å². The van der Waals surface area contributed by atoms with E-state index in [1.807, 2.05) is 0 Å². The van der Waals surface area contributed by atoms with Gasteiger partial charge in [-0.2, -0.15) is 0 Å². The van der Waals surface area contributed by atoms with Gasteiger partial charge in [-0.1, -0.05) is 0 Å². The van der Waals surface area contributed by atoms with Crippen LogP contribution in [0.15, 0.2) is 12.1 Å². The van der Waals surface area contributed by atoms with Crippen molar-refractivity contribution in [1.82, 2.24) is 5.32 Å². The van der Waals surface area contributed by atoms with Crippen molar-refractivity contribution in [2.45, 2.75) is 12.1 Å². The van der Waals surface area contributed by atoms with Gasteiger partial charge >= 0.3 is 0 Å². The lowest BCUT2D eigenvalue weighted by Crippen LogP contribution is -2.45. The summed E-state index contributed by atoms with van der Waals surface area (Å²) in [7, 11) is 0. The van der Waals surface area contributed by atoms with Gasteiger partial charge in [0.2, 0.25) is 0 Å². The Bertz CT molecular complexity index is 391. The van der Waals surface area contributed by atoms with E-state index in [2.05, 4.69) is 5.32 Å². The highest BCUT2D eigenvalue weighted by Crippen LogP contribution is 2.22. The van der Waals surface area contributed by atoms with E-state index < -0.39 is 23.5 Å². The first-order valence-corrected chi connectivity index (χ1v) is 5.21. The van der Waals surface area contributed by atoms with Gasteiger partial charge in [-0.05, 0) is 17.7 Å². The fourth-order valence-corrected chi connectivity index (χ4v) is 1.78. The first-order chi connectivity index (χ1) is 8.11. The maximum atomic E-state index is 13.0. The van der Waals surface area contributed by atoms with Gasteiger partial charge in [0.05, 0.1) is 31.9 Å². The largest absolute Gasteiger partial charge is 0.395 e. The number of morpholine rings is 1. The molecule has 1 aromatic carbocycles. The van der Waals surface area contributed by atoms with E-state index in [4.69, 9.17) is 9.84 Å². The zero-order valence-corrected chi connectivity index (χ0v) is 8.92.